The van der Waals surface area contributed by atoms with E-state index in [2.05, 4.69) is 0 Å². The van der Waals surface area contributed by atoms with Crippen LogP contribution < -0.4 is 17.0 Å². The van der Waals surface area contributed by atoms with Crippen LogP contribution in [0.3, 0.4) is 0 Å². The van der Waals surface area contributed by atoms with Crippen molar-refractivity contribution in [2.24, 2.45) is 0 Å². The second-order valence-corrected chi connectivity index (χ2v) is 5.13. The number of halogens is 1. The predicted molar refractivity (Wildman–Crippen MR) is 76.0 cm³/mol. The van der Waals surface area contributed by atoms with Gasteiger partial charge in [0, 0.05) is 12.5 Å². The molecule has 0 radical (unpaired) electrons. The maximum Gasteiger partial charge on any atom is 0.355 e. The second kappa shape index (κ2) is 7.90. The second-order valence-electron chi connectivity index (χ2n) is 4.28. The van der Waals surface area contributed by atoms with Crippen LogP contribution in [0.4, 0.5) is 0 Å². The monoisotopic (exact) mass is 325 g/mol. The van der Waals surface area contributed by atoms with Gasteiger partial charge in [0.1, 0.15) is 0 Å². The maximum atomic E-state index is 12.1. The van der Waals surface area contributed by atoms with Crippen LogP contribution >= 0.6 is 11.3 Å². The Morgan fingerprint density at radius 1 is 1.24 bits per heavy atom. The first-order valence-electron chi connectivity index (χ1n) is 6.36. The Kier molecular flexibility index (Phi) is 6.52. The average Bonchev–Trinajstić information content (AvgIpc) is 2.81. The molecule has 0 aliphatic carbocycles. The van der Waals surface area contributed by atoms with Gasteiger partial charge in [-0.15, -0.1) is 0 Å². The number of hydrogen-bond donors (Lipinski definition) is 0. The number of carbonyl (C=O) groups is 2. The molecule has 1 aromatic carbocycles. The molecule has 112 valence electrons. The van der Waals surface area contributed by atoms with E-state index in [4.69, 9.17) is 4.74 Å². The van der Waals surface area contributed by atoms with Gasteiger partial charge in [0.2, 0.25) is 23.5 Å². The minimum absolute atomic E-state index is 0. The molecule has 0 fully saturated rings. The van der Waals surface area contributed by atoms with Crippen molar-refractivity contribution in [3.05, 3.63) is 52.0 Å². The predicted octanol–water partition coefficient (Wildman–Crippen LogP) is -0.592. The van der Waals surface area contributed by atoms with Crippen LogP contribution in [0.1, 0.15) is 32.6 Å². The van der Waals surface area contributed by atoms with Gasteiger partial charge in [-0.3, -0.25) is 4.79 Å². The highest BCUT2D eigenvalue weighted by molar-refractivity contribution is 7.11. The van der Waals surface area contributed by atoms with Crippen molar-refractivity contribution < 1.29 is 31.3 Å². The van der Waals surface area contributed by atoms with Crippen LogP contribution in [0.2, 0.25) is 0 Å². The number of Topliss-reactive ketones (excluding diaryl/α,β-unsaturated/α-hetero) is 1. The fourth-order valence-electron chi connectivity index (χ4n) is 1.83. The van der Waals surface area contributed by atoms with E-state index in [1.807, 2.05) is 25.1 Å². The lowest BCUT2D eigenvalue weighted by Crippen LogP contribution is -3.00. The summed E-state index contributed by atoms with van der Waals surface area (Å²) in [7, 11) is 0. The molecule has 0 saturated carbocycles. The normalized spacial score (nSPS) is 9.81. The Hall–Kier alpha value is -1.72. The van der Waals surface area contributed by atoms with E-state index in [0.717, 1.165) is 5.69 Å². The van der Waals surface area contributed by atoms with Crippen LogP contribution in [0, 0.1) is 6.92 Å². The van der Waals surface area contributed by atoms with Gasteiger partial charge in [0.25, 0.3) is 0 Å². The molecule has 0 saturated heterocycles. The van der Waals surface area contributed by atoms with Crippen molar-refractivity contribution in [2.45, 2.75) is 20.4 Å². The van der Waals surface area contributed by atoms with Crippen molar-refractivity contribution >= 4 is 23.1 Å². The largest absolute Gasteiger partial charge is 1.00 e. The summed E-state index contributed by atoms with van der Waals surface area (Å²) in [5.74, 6) is -0.312. The first kappa shape index (κ1) is 17.3. The molecule has 2 rings (SSSR count). The van der Waals surface area contributed by atoms with Gasteiger partial charge in [-0.1, -0.05) is 41.7 Å². The molecule has 0 atom stereocenters. The number of carbonyl (C=O) groups excluding carboxylic acids is 2. The van der Waals surface area contributed by atoms with Crippen molar-refractivity contribution in [2.75, 3.05) is 6.61 Å². The van der Waals surface area contributed by atoms with Gasteiger partial charge in [0.05, 0.1) is 6.61 Å². The minimum Gasteiger partial charge on any atom is -1.00 e. The smallest absolute Gasteiger partial charge is 0.355 e. The molecule has 0 aliphatic rings. The Bertz CT molecular complexity index is 625. The summed E-state index contributed by atoms with van der Waals surface area (Å²) < 4.78 is 6.77. The van der Waals surface area contributed by atoms with Crippen molar-refractivity contribution in [3.63, 3.8) is 0 Å². The number of esters is 1. The molecular weight excluding hydrogens is 310 g/mol. The zero-order chi connectivity index (χ0) is 14.5. The number of rotatable bonds is 5. The van der Waals surface area contributed by atoms with Gasteiger partial charge in [0.15, 0.2) is 4.88 Å². The number of ketones is 1. The summed E-state index contributed by atoms with van der Waals surface area (Å²) >= 11 is 1.30. The molecular formula is C15H16ClNO3S. The number of nitrogens with zero attached hydrogens (tertiary/aromatic N) is 1. The molecule has 1 aromatic heterocycles. The summed E-state index contributed by atoms with van der Waals surface area (Å²) in [6, 6.07) is 9.12. The number of ether oxygens (including phenoxy) is 1. The third-order valence-corrected chi connectivity index (χ3v) is 3.99. The van der Waals surface area contributed by atoms with Gasteiger partial charge < -0.3 is 17.1 Å². The summed E-state index contributed by atoms with van der Waals surface area (Å²) in [5, 5.41) is 0. The highest BCUT2D eigenvalue weighted by atomic mass is 35.5. The summed E-state index contributed by atoms with van der Waals surface area (Å²) in [6.45, 7) is 4.17. The number of aromatic nitrogens is 1. The fraction of sp³-hybridized carbons (Fsp3) is 0.267. The molecule has 0 N–H and O–H groups in total. The summed E-state index contributed by atoms with van der Waals surface area (Å²) in [6.07, 6.45) is 0. The number of thiazole rings is 1. The molecule has 4 nitrogen and oxygen atoms in total. The van der Waals surface area contributed by atoms with E-state index in [0.29, 0.717) is 17.0 Å². The molecule has 21 heavy (non-hydrogen) atoms. The molecule has 1 heterocycles. The maximum absolute atomic E-state index is 12.1. The molecule has 0 spiro atoms. The molecule has 0 amide bonds. The van der Waals surface area contributed by atoms with Crippen LogP contribution in [0.25, 0.3) is 0 Å². The third-order valence-electron chi connectivity index (χ3n) is 2.93. The standard InChI is InChI=1S/C15H16NO3S.ClH/c1-3-19-15(18)14-11(2)16(10-20-14)9-13(17)12-7-5-4-6-8-12;/h4-8,10H,3,9H2,1-2H3;1H/q+1;/p-1. The van der Waals surface area contributed by atoms with E-state index < -0.39 is 0 Å². The topological polar surface area (TPSA) is 47.2 Å². The van der Waals surface area contributed by atoms with Crippen LogP contribution in [-0.2, 0) is 11.3 Å². The van der Waals surface area contributed by atoms with Crippen molar-refractivity contribution in [3.8, 4) is 0 Å². The van der Waals surface area contributed by atoms with E-state index >= 15 is 0 Å². The SMILES string of the molecule is CCOC(=O)c1sc[n+](CC(=O)c2ccccc2)c1C.[Cl-]. The zero-order valence-electron chi connectivity index (χ0n) is 11.8. The van der Waals surface area contributed by atoms with Crippen molar-refractivity contribution in [1.29, 1.82) is 0 Å². The highest BCUT2D eigenvalue weighted by Crippen LogP contribution is 2.13. The Morgan fingerprint density at radius 3 is 2.52 bits per heavy atom. The Labute approximate surface area is 133 Å². The van der Waals surface area contributed by atoms with Crippen LogP contribution in [0.15, 0.2) is 35.8 Å². The third kappa shape index (κ3) is 4.12. The summed E-state index contributed by atoms with van der Waals surface area (Å²) in [4.78, 5) is 24.4. The molecule has 0 bridgehead atoms. The average molecular weight is 326 g/mol. The molecule has 6 heteroatoms. The quantitative estimate of drug-likeness (QED) is 0.419. The zero-order valence-corrected chi connectivity index (χ0v) is 13.4. The summed E-state index contributed by atoms with van der Waals surface area (Å²) in [5.41, 5.74) is 3.21. The molecule has 0 aliphatic heterocycles. The lowest BCUT2D eigenvalue weighted by molar-refractivity contribution is -0.684. The van der Waals surface area contributed by atoms with E-state index in [1.54, 1.807) is 29.1 Å². The Balaban J connectivity index is 0.00000220. The van der Waals surface area contributed by atoms with Gasteiger partial charge in [-0.05, 0) is 6.92 Å². The van der Waals surface area contributed by atoms with Crippen LogP contribution in [-0.4, -0.2) is 18.4 Å². The van der Waals surface area contributed by atoms with Crippen LogP contribution in [0.5, 0.6) is 0 Å². The van der Waals surface area contributed by atoms with Gasteiger partial charge >= 0.3 is 5.97 Å². The van der Waals surface area contributed by atoms with E-state index in [1.165, 1.54) is 11.3 Å². The molecule has 0 unspecified atom stereocenters. The molecule has 2 aromatic rings. The Morgan fingerprint density at radius 2 is 1.90 bits per heavy atom. The number of hydrogen-bond acceptors (Lipinski definition) is 4. The lowest BCUT2D eigenvalue weighted by Gasteiger charge is -1.99. The van der Waals surface area contributed by atoms with E-state index in [9.17, 15) is 9.59 Å². The lowest BCUT2D eigenvalue weighted by atomic mass is 10.1. The van der Waals surface area contributed by atoms with Crippen molar-refractivity contribution in [1.82, 2.24) is 0 Å². The van der Waals surface area contributed by atoms with Gasteiger partial charge in [-0.2, -0.15) is 4.57 Å². The minimum atomic E-state index is -0.332. The first-order chi connectivity index (χ1) is 9.63. The first-order valence-corrected chi connectivity index (χ1v) is 7.24. The highest BCUT2D eigenvalue weighted by Gasteiger charge is 2.24. The van der Waals surface area contributed by atoms with Gasteiger partial charge in [-0.25, -0.2) is 4.79 Å². The number of benzene rings is 1. The van der Waals surface area contributed by atoms with E-state index in [-0.39, 0.29) is 30.7 Å². The fourth-order valence-corrected chi connectivity index (χ4v) is 2.74.